The van der Waals surface area contributed by atoms with E-state index in [0.29, 0.717) is 11.8 Å². The van der Waals surface area contributed by atoms with Crippen LogP contribution in [-0.4, -0.2) is 35.0 Å². The maximum absolute atomic E-state index is 10.9. The maximum atomic E-state index is 10.9. The van der Waals surface area contributed by atoms with E-state index < -0.39 is 5.97 Å². The van der Waals surface area contributed by atoms with Crippen molar-refractivity contribution in [3.05, 3.63) is 23.3 Å². The highest BCUT2D eigenvalue weighted by Crippen LogP contribution is 2.35. The third kappa shape index (κ3) is 11.5. The summed E-state index contributed by atoms with van der Waals surface area (Å²) >= 11 is 0. The molecule has 34 heavy (non-hydrogen) atoms. The molecule has 1 aliphatic rings. The lowest BCUT2D eigenvalue weighted by Crippen LogP contribution is -2.39. The predicted octanol–water partition coefficient (Wildman–Crippen LogP) is 7.80. The van der Waals surface area contributed by atoms with Crippen molar-refractivity contribution in [2.24, 2.45) is 29.6 Å². The molecule has 0 amide bonds. The summed E-state index contributed by atoms with van der Waals surface area (Å²) in [6.45, 7) is 15.8. The number of carbonyl (C=O) groups is 1. The van der Waals surface area contributed by atoms with Gasteiger partial charge in [-0.25, -0.2) is 0 Å². The summed E-state index contributed by atoms with van der Waals surface area (Å²) in [7, 11) is 0. The van der Waals surface area contributed by atoms with Crippen LogP contribution in [0.1, 0.15) is 113 Å². The van der Waals surface area contributed by atoms with Crippen molar-refractivity contribution >= 4 is 5.97 Å². The van der Waals surface area contributed by atoms with Crippen LogP contribution in [0.2, 0.25) is 0 Å². The molecule has 0 aliphatic heterocycles. The number of hydrogen-bond acceptors (Lipinski definition) is 3. The number of aliphatic hydroxyl groups excluding tert-OH is 1. The molecule has 0 radical (unpaired) electrons. The SMILES string of the molecule is CCOC1C(CCC(C)CCCC(C)CCCC(C)=CCCC(C)C(=O)O)=CC(O)C(C)C1C. The van der Waals surface area contributed by atoms with Crippen LogP contribution >= 0.6 is 0 Å². The normalized spacial score (nSPS) is 26.1. The summed E-state index contributed by atoms with van der Waals surface area (Å²) in [6.07, 6.45) is 15.4. The van der Waals surface area contributed by atoms with Gasteiger partial charge in [-0.1, -0.05) is 78.0 Å². The molecular weight excluding hydrogens is 424 g/mol. The fraction of sp³-hybridized carbons (Fsp3) is 0.833. The Hall–Kier alpha value is -1.13. The van der Waals surface area contributed by atoms with Gasteiger partial charge in [-0.15, -0.1) is 0 Å². The zero-order chi connectivity index (χ0) is 25.7. The number of carboxylic acids is 1. The van der Waals surface area contributed by atoms with Gasteiger partial charge in [0.15, 0.2) is 0 Å². The number of allylic oxidation sites excluding steroid dienone is 2. The molecular formula is C30H54O4. The van der Waals surface area contributed by atoms with Crippen molar-refractivity contribution in [1.82, 2.24) is 0 Å². The molecule has 2 N–H and O–H groups in total. The lowest BCUT2D eigenvalue weighted by molar-refractivity contribution is -0.141. The topological polar surface area (TPSA) is 66.8 Å². The van der Waals surface area contributed by atoms with Gasteiger partial charge in [0.2, 0.25) is 0 Å². The first-order chi connectivity index (χ1) is 16.1. The van der Waals surface area contributed by atoms with Gasteiger partial charge in [-0.2, -0.15) is 0 Å². The monoisotopic (exact) mass is 478 g/mol. The molecule has 1 aliphatic carbocycles. The molecule has 0 saturated carbocycles. The smallest absolute Gasteiger partial charge is 0.306 e. The third-order valence-corrected chi connectivity index (χ3v) is 8.04. The first-order valence-corrected chi connectivity index (χ1v) is 13.9. The largest absolute Gasteiger partial charge is 0.481 e. The summed E-state index contributed by atoms with van der Waals surface area (Å²) in [5.74, 6) is 1.11. The van der Waals surface area contributed by atoms with E-state index in [1.807, 2.05) is 0 Å². The van der Waals surface area contributed by atoms with E-state index in [1.165, 1.54) is 49.7 Å². The highest BCUT2D eigenvalue weighted by molar-refractivity contribution is 5.69. The number of aliphatic carboxylic acids is 1. The zero-order valence-electron chi connectivity index (χ0n) is 23.2. The van der Waals surface area contributed by atoms with Gasteiger partial charge in [-0.05, 0) is 81.6 Å². The van der Waals surface area contributed by atoms with Crippen LogP contribution in [0.5, 0.6) is 0 Å². The van der Waals surface area contributed by atoms with Crippen molar-refractivity contribution < 1.29 is 19.7 Å². The second-order valence-corrected chi connectivity index (χ2v) is 11.3. The summed E-state index contributed by atoms with van der Waals surface area (Å²) in [5, 5.41) is 19.4. The Bertz CT molecular complexity index is 638. The number of ether oxygens (including phenoxy) is 1. The minimum Gasteiger partial charge on any atom is -0.481 e. The third-order valence-electron chi connectivity index (χ3n) is 8.04. The Morgan fingerprint density at radius 2 is 1.65 bits per heavy atom. The molecule has 0 spiro atoms. The van der Waals surface area contributed by atoms with Crippen molar-refractivity contribution in [1.29, 1.82) is 0 Å². The molecule has 4 nitrogen and oxygen atoms in total. The first kappa shape index (κ1) is 30.9. The highest BCUT2D eigenvalue weighted by atomic mass is 16.5. The minimum absolute atomic E-state index is 0.161. The molecule has 198 valence electrons. The number of rotatable bonds is 17. The van der Waals surface area contributed by atoms with Crippen LogP contribution in [-0.2, 0) is 9.53 Å². The summed E-state index contributed by atoms with van der Waals surface area (Å²) in [4.78, 5) is 10.9. The lowest BCUT2D eigenvalue weighted by atomic mass is 9.76. The Kier molecular flexibility index (Phi) is 15.0. The summed E-state index contributed by atoms with van der Waals surface area (Å²) < 4.78 is 6.06. The van der Waals surface area contributed by atoms with E-state index >= 15 is 0 Å². The van der Waals surface area contributed by atoms with Gasteiger partial charge in [-0.3, -0.25) is 4.79 Å². The van der Waals surface area contributed by atoms with E-state index in [1.54, 1.807) is 6.92 Å². The van der Waals surface area contributed by atoms with Gasteiger partial charge in [0.1, 0.15) is 0 Å². The van der Waals surface area contributed by atoms with E-state index in [9.17, 15) is 9.90 Å². The molecule has 7 unspecified atom stereocenters. The van der Waals surface area contributed by atoms with E-state index in [0.717, 1.165) is 38.2 Å². The van der Waals surface area contributed by atoms with E-state index in [4.69, 9.17) is 9.84 Å². The highest BCUT2D eigenvalue weighted by Gasteiger charge is 2.34. The summed E-state index contributed by atoms with van der Waals surface area (Å²) in [5.41, 5.74) is 2.70. The first-order valence-electron chi connectivity index (χ1n) is 13.9. The second-order valence-electron chi connectivity index (χ2n) is 11.3. The molecule has 4 heteroatoms. The van der Waals surface area contributed by atoms with Gasteiger partial charge < -0.3 is 14.9 Å². The average Bonchev–Trinajstić information content (AvgIpc) is 2.78. The molecule has 0 aromatic rings. The Morgan fingerprint density at radius 1 is 1.03 bits per heavy atom. The predicted molar refractivity (Wildman–Crippen MR) is 143 cm³/mol. The van der Waals surface area contributed by atoms with E-state index in [-0.39, 0.29) is 24.0 Å². The van der Waals surface area contributed by atoms with Crippen LogP contribution in [0.25, 0.3) is 0 Å². The van der Waals surface area contributed by atoms with Crippen molar-refractivity contribution in [2.75, 3.05) is 6.61 Å². The maximum Gasteiger partial charge on any atom is 0.306 e. The van der Waals surface area contributed by atoms with Crippen LogP contribution in [0, 0.1) is 29.6 Å². The standard InChI is InChI=1S/C30H54O4/c1-8-34-29-26(7)25(6)28(31)20-27(29)19-18-23(4)15-10-14-21(2)12-9-13-22(3)16-11-17-24(5)30(32)33/h16,20-21,23-26,28-29,31H,8-15,17-19H2,1-7H3,(H,32,33). The van der Waals surface area contributed by atoms with Crippen LogP contribution in [0.15, 0.2) is 23.3 Å². The number of aliphatic hydroxyl groups is 1. The fourth-order valence-electron chi connectivity index (χ4n) is 5.11. The molecule has 0 bridgehead atoms. The molecule has 0 aromatic carbocycles. The molecule has 1 rings (SSSR count). The molecule has 0 fully saturated rings. The average molecular weight is 479 g/mol. The number of hydrogen-bond donors (Lipinski definition) is 2. The molecule has 0 aromatic heterocycles. The molecule has 0 heterocycles. The quantitative estimate of drug-likeness (QED) is 0.209. The van der Waals surface area contributed by atoms with Crippen LogP contribution in [0.4, 0.5) is 0 Å². The van der Waals surface area contributed by atoms with E-state index in [2.05, 4.69) is 53.7 Å². The van der Waals surface area contributed by atoms with Gasteiger partial charge in [0.25, 0.3) is 0 Å². The zero-order valence-corrected chi connectivity index (χ0v) is 23.2. The second kappa shape index (κ2) is 16.5. The number of carboxylic acid groups (broad SMARTS) is 1. The van der Waals surface area contributed by atoms with Crippen LogP contribution in [0.3, 0.4) is 0 Å². The van der Waals surface area contributed by atoms with Crippen molar-refractivity contribution in [2.45, 2.75) is 125 Å². The van der Waals surface area contributed by atoms with Crippen molar-refractivity contribution in [3.63, 3.8) is 0 Å². The van der Waals surface area contributed by atoms with Crippen molar-refractivity contribution in [3.8, 4) is 0 Å². The molecule has 7 atom stereocenters. The van der Waals surface area contributed by atoms with Gasteiger partial charge >= 0.3 is 5.97 Å². The Morgan fingerprint density at radius 3 is 2.26 bits per heavy atom. The Labute approximate surface area is 210 Å². The van der Waals surface area contributed by atoms with Crippen LogP contribution < -0.4 is 0 Å². The summed E-state index contributed by atoms with van der Waals surface area (Å²) in [6, 6.07) is 0. The lowest BCUT2D eigenvalue weighted by Gasteiger charge is -2.37. The van der Waals surface area contributed by atoms with Gasteiger partial charge in [0, 0.05) is 6.61 Å². The fourth-order valence-corrected chi connectivity index (χ4v) is 5.11. The molecule has 0 saturated heterocycles. The van der Waals surface area contributed by atoms with Gasteiger partial charge in [0.05, 0.1) is 18.1 Å². The Balaban J connectivity index is 2.25. The minimum atomic E-state index is -0.696.